The quantitative estimate of drug-likeness (QED) is 0.727. The molecule has 170 valence electrons. The Bertz CT molecular complexity index is 944. The van der Waals surface area contributed by atoms with E-state index in [1.165, 1.54) is 11.1 Å². The van der Waals surface area contributed by atoms with E-state index in [1.807, 2.05) is 43.3 Å². The zero-order chi connectivity index (χ0) is 22.5. The number of hydrogen-bond donors (Lipinski definition) is 1. The molecule has 0 saturated carbocycles. The van der Waals surface area contributed by atoms with E-state index in [9.17, 15) is 9.59 Å². The molecule has 0 spiro atoms. The van der Waals surface area contributed by atoms with E-state index in [4.69, 9.17) is 4.74 Å². The predicted octanol–water partition coefficient (Wildman–Crippen LogP) is 2.88. The van der Waals surface area contributed by atoms with E-state index >= 15 is 0 Å². The van der Waals surface area contributed by atoms with Gasteiger partial charge in [-0.25, -0.2) is 0 Å². The van der Waals surface area contributed by atoms with E-state index in [0.717, 1.165) is 37.4 Å². The normalized spacial score (nSPS) is 21.7. The summed E-state index contributed by atoms with van der Waals surface area (Å²) in [6.45, 7) is 9.22. The smallest absolute Gasteiger partial charge is 0.225 e. The number of amides is 2. The van der Waals surface area contributed by atoms with Crippen LogP contribution in [0.15, 0.2) is 48.5 Å². The highest BCUT2D eigenvalue weighted by atomic mass is 16.5. The average Bonchev–Trinajstić information content (AvgIpc) is 3.14. The lowest BCUT2D eigenvalue weighted by Crippen LogP contribution is -2.40. The van der Waals surface area contributed by atoms with Gasteiger partial charge in [-0.2, -0.15) is 0 Å². The number of carbonyl (C=O) groups is 2. The van der Waals surface area contributed by atoms with Crippen molar-refractivity contribution in [3.8, 4) is 0 Å². The third-order valence-corrected chi connectivity index (χ3v) is 6.27. The fourth-order valence-corrected chi connectivity index (χ4v) is 4.48. The first-order chi connectivity index (χ1) is 15.5. The van der Waals surface area contributed by atoms with E-state index in [2.05, 4.69) is 29.3 Å². The molecule has 6 heteroatoms. The van der Waals surface area contributed by atoms with Gasteiger partial charge in [-0.1, -0.05) is 54.1 Å². The molecule has 2 amide bonds. The summed E-state index contributed by atoms with van der Waals surface area (Å²) < 4.78 is 5.62. The Kier molecular flexibility index (Phi) is 7.22. The molecule has 2 aromatic rings. The van der Waals surface area contributed by atoms with Crippen LogP contribution in [0.3, 0.4) is 0 Å². The number of ether oxygens (including phenoxy) is 1. The van der Waals surface area contributed by atoms with Gasteiger partial charge in [-0.3, -0.25) is 14.5 Å². The Morgan fingerprint density at radius 3 is 2.62 bits per heavy atom. The number of carbonyl (C=O) groups excluding carboxylic acids is 2. The molecule has 1 N–H and O–H groups in total. The van der Waals surface area contributed by atoms with Gasteiger partial charge in [0, 0.05) is 45.7 Å². The minimum absolute atomic E-state index is 0.0443. The van der Waals surface area contributed by atoms with Gasteiger partial charge in [-0.15, -0.1) is 0 Å². The Labute approximate surface area is 190 Å². The standard InChI is InChI=1S/C26H33N3O3/c1-19-6-8-21(9-7-19)17-29-18-24(13-25(29)30)26(31)27-14-22-4-3-5-23(12-22)16-28-10-11-32-20(2)15-28/h3-9,12,20,24H,10-11,13-18H2,1-2H3,(H,27,31). The number of rotatable bonds is 7. The number of nitrogens with one attached hydrogen (secondary N) is 1. The van der Waals surface area contributed by atoms with Gasteiger partial charge in [0.1, 0.15) is 0 Å². The molecule has 0 aromatic heterocycles. The average molecular weight is 436 g/mol. The van der Waals surface area contributed by atoms with Gasteiger partial charge in [0.15, 0.2) is 0 Å². The Hall–Kier alpha value is -2.70. The topological polar surface area (TPSA) is 61.9 Å². The van der Waals surface area contributed by atoms with Crippen LogP contribution in [0.2, 0.25) is 0 Å². The number of likely N-dealkylation sites (tertiary alicyclic amines) is 1. The first-order valence-electron chi connectivity index (χ1n) is 11.5. The molecule has 0 bridgehead atoms. The molecule has 2 aliphatic heterocycles. The van der Waals surface area contributed by atoms with Crippen LogP contribution in [0.5, 0.6) is 0 Å². The van der Waals surface area contributed by atoms with Gasteiger partial charge in [0.05, 0.1) is 18.6 Å². The maximum absolute atomic E-state index is 12.7. The van der Waals surface area contributed by atoms with Crippen molar-refractivity contribution in [2.45, 2.75) is 46.0 Å². The lowest BCUT2D eigenvalue weighted by Gasteiger charge is -2.31. The summed E-state index contributed by atoms with van der Waals surface area (Å²) in [5.41, 5.74) is 4.61. The fourth-order valence-electron chi connectivity index (χ4n) is 4.48. The fraction of sp³-hybridized carbons (Fsp3) is 0.462. The van der Waals surface area contributed by atoms with Gasteiger partial charge in [-0.05, 0) is 30.5 Å². The Morgan fingerprint density at radius 1 is 1.06 bits per heavy atom. The number of hydrogen-bond acceptors (Lipinski definition) is 4. The largest absolute Gasteiger partial charge is 0.376 e. The SMILES string of the molecule is Cc1ccc(CN2CC(C(=O)NCc3cccc(CN4CCOC(C)C4)c3)CC2=O)cc1. The van der Waals surface area contributed by atoms with Crippen LogP contribution in [0.25, 0.3) is 0 Å². The third-order valence-electron chi connectivity index (χ3n) is 6.27. The second-order valence-electron chi connectivity index (χ2n) is 9.12. The molecule has 6 nitrogen and oxygen atoms in total. The summed E-state index contributed by atoms with van der Waals surface area (Å²) in [7, 11) is 0. The van der Waals surface area contributed by atoms with Crippen molar-refractivity contribution < 1.29 is 14.3 Å². The molecule has 2 atom stereocenters. The summed E-state index contributed by atoms with van der Waals surface area (Å²) in [6, 6.07) is 16.6. The molecule has 2 aromatic carbocycles. The van der Waals surface area contributed by atoms with Gasteiger partial charge >= 0.3 is 0 Å². The van der Waals surface area contributed by atoms with Gasteiger partial charge < -0.3 is 15.0 Å². The van der Waals surface area contributed by atoms with E-state index < -0.39 is 0 Å². The summed E-state index contributed by atoms with van der Waals surface area (Å²) in [5, 5.41) is 3.04. The number of benzene rings is 2. The maximum atomic E-state index is 12.7. The van der Waals surface area contributed by atoms with Crippen molar-refractivity contribution in [3.63, 3.8) is 0 Å². The molecular formula is C26H33N3O3. The summed E-state index contributed by atoms with van der Waals surface area (Å²) >= 11 is 0. The minimum Gasteiger partial charge on any atom is -0.376 e. The second-order valence-corrected chi connectivity index (χ2v) is 9.12. The predicted molar refractivity (Wildman–Crippen MR) is 124 cm³/mol. The Balaban J connectivity index is 1.27. The van der Waals surface area contributed by atoms with Crippen molar-refractivity contribution >= 4 is 11.8 Å². The number of morpholine rings is 1. The molecule has 32 heavy (non-hydrogen) atoms. The molecule has 2 fully saturated rings. The van der Waals surface area contributed by atoms with E-state index in [-0.39, 0.29) is 30.3 Å². The van der Waals surface area contributed by atoms with Crippen LogP contribution < -0.4 is 5.32 Å². The van der Waals surface area contributed by atoms with Gasteiger partial charge in [0.2, 0.25) is 11.8 Å². The van der Waals surface area contributed by atoms with Crippen LogP contribution in [0.1, 0.15) is 35.6 Å². The molecule has 0 radical (unpaired) electrons. The zero-order valence-electron chi connectivity index (χ0n) is 19.0. The van der Waals surface area contributed by atoms with Crippen molar-refractivity contribution in [2.75, 3.05) is 26.2 Å². The first kappa shape index (κ1) is 22.5. The number of nitrogens with zero attached hydrogens (tertiary/aromatic N) is 2. The molecule has 4 rings (SSSR count). The summed E-state index contributed by atoms with van der Waals surface area (Å²) in [4.78, 5) is 29.3. The molecular weight excluding hydrogens is 402 g/mol. The summed E-state index contributed by atoms with van der Waals surface area (Å²) in [6.07, 6.45) is 0.554. The van der Waals surface area contributed by atoms with Crippen molar-refractivity contribution in [1.82, 2.24) is 15.1 Å². The lowest BCUT2D eigenvalue weighted by molar-refractivity contribution is -0.129. The second kappa shape index (κ2) is 10.3. The van der Waals surface area contributed by atoms with E-state index in [1.54, 1.807) is 4.90 Å². The highest BCUT2D eigenvalue weighted by molar-refractivity contribution is 5.89. The molecule has 2 heterocycles. The lowest BCUT2D eigenvalue weighted by atomic mass is 10.1. The Morgan fingerprint density at radius 2 is 1.84 bits per heavy atom. The third kappa shape index (κ3) is 5.96. The van der Waals surface area contributed by atoms with Crippen LogP contribution in [-0.2, 0) is 34.0 Å². The van der Waals surface area contributed by atoms with Crippen LogP contribution in [0.4, 0.5) is 0 Å². The monoisotopic (exact) mass is 435 g/mol. The minimum atomic E-state index is -0.286. The zero-order valence-corrected chi connectivity index (χ0v) is 19.0. The summed E-state index contributed by atoms with van der Waals surface area (Å²) in [5.74, 6) is -0.282. The van der Waals surface area contributed by atoms with Gasteiger partial charge in [0.25, 0.3) is 0 Å². The van der Waals surface area contributed by atoms with Crippen molar-refractivity contribution in [1.29, 1.82) is 0 Å². The molecule has 2 saturated heterocycles. The molecule has 2 aliphatic rings. The van der Waals surface area contributed by atoms with Crippen molar-refractivity contribution in [2.24, 2.45) is 5.92 Å². The van der Waals surface area contributed by atoms with Crippen LogP contribution >= 0.6 is 0 Å². The highest BCUT2D eigenvalue weighted by Gasteiger charge is 2.34. The first-order valence-corrected chi connectivity index (χ1v) is 11.5. The maximum Gasteiger partial charge on any atom is 0.225 e. The van der Waals surface area contributed by atoms with Crippen molar-refractivity contribution in [3.05, 3.63) is 70.8 Å². The molecule has 0 aliphatic carbocycles. The molecule has 2 unspecified atom stereocenters. The number of aryl methyl sites for hydroxylation is 1. The van der Waals surface area contributed by atoms with Crippen LogP contribution in [-0.4, -0.2) is 54.0 Å². The highest BCUT2D eigenvalue weighted by Crippen LogP contribution is 2.21. The van der Waals surface area contributed by atoms with E-state index in [0.29, 0.717) is 19.6 Å². The van der Waals surface area contributed by atoms with Crippen LogP contribution in [0, 0.1) is 12.8 Å².